The summed E-state index contributed by atoms with van der Waals surface area (Å²) in [7, 11) is -1.25. The first-order valence-electron chi connectivity index (χ1n) is 12.2. The van der Waals surface area contributed by atoms with Crippen LogP contribution in [0.25, 0.3) is 0 Å². The summed E-state index contributed by atoms with van der Waals surface area (Å²) in [5, 5.41) is 0.247. The Morgan fingerprint density at radius 2 is 1.12 bits per heavy atom. The van der Waals surface area contributed by atoms with Crippen LogP contribution in [0.5, 0.6) is 0 Å². The number of halogens is 3. The van der Waals surface area contributed by atoms with Gasteiger partial charge in [-0.05, 0) is 12.8 Å². The van der Waals surface area contributed by atoms with E-state index in [9.17, 15) is 18.0 Å². The highest BCUT2D eigenvalue weighted by Gasteiger charge is 2.44. The number of alkyl halides is 3. The maximum atomic E-state index is 11.0. The van der Waals surface area contributed by atoms with Gasteiger partial charge in [0, 0.05) is 6.92 Å². The van der Waals surface area contributed by atoms with E-state index in [2.05, 4.69) is 21.0 Å². The number of carbonyl (C=O) groups is 1. The molecule has 0 atom stereocenters. The van der Waals surface area contributed by atoms with Crippen LogP contribution in [-0.4, -0.2) is 61.0 Å². The van der Waals surface area contributed by atoms with Crippen molar-refractivity contribution in [2.75, 3.05) is 32.9 Å². The minimum Gasteiger partial charge on any atom is -0.328 e. The average molecular weight is 523 g/mol. The molecule has 0 unspecified atom stereocenters. The second kappa shape index (κ2) is 19.9. The quantitative estimate of drug-likeness (QED) is 0.0891. The van der Waals surface area contributed by atoms with Gasteiger partial charge in [-0.1, -0.05) is 95.7 Å². The first-order valence-corrected chi connectivity index (χ1v) is 14.6. The first kappa shape index (κ1) is 34.8. The lowest BCUT2D eigenvalue weighted by atomic mass is 10.0. The highest BCUT2D eigenvalue weighted by atomic mass is 32.2. The van der Waals surface area contributed by atoms with Crippen molar-refractivity contribution in [1.29, 1.82) is 0 Å². The molecule has 0 aromatic heterocycles. The Hall–Kier alpha value is -0.320. The number of hydrogen-bond acceptors (Lipinski definition) is 4. The number of nitrogens with zero attached hydrogens (tertiary/aromatic N) is 1. The summed E-state index contributed by atoms with van der Waals surface area (Å²) < 4.78 is 58.6. The summed E-state index contributed by atoms with van der Waals surface area (Å²) in [6, 6.07) is 0. The van der Waals surface area contributed by atoms with Gasteiger partial charge in [0.25, 0.3) is 0 Å². The smallest absolute Gasteiger partial charge is 0.328 e. The maximum absolute atomic E-state index is 11.0. The lowest BCUT2D eigenvalue weighted by Crippen LogP contribution is -2.42. The predicted octanol–water partition coefficient (Wildman–Crippen LogP) is 7.22. The van der Waals surface area contributed by atoms with Crippen molar-refractivity contribution in [3.8, 4) is 0 Å². The molecule has 0 rings (SSSR count). The average Bonchev–Trinajstić information content (AvgIpc) is 2.66. The molecule has 200 valence electrons. The van der Waals surface area contributed by atoms with Crippen LogP contribution in [-0.2, 0) is 14.9 Å². The summed E-state index contributed by atoms with van der Waals surface area (Å²) in [6.07, 6.45) is 19.9. The van der Waals surface area contributed by atoms with Crippen molar-refractivity contribution in [3.63, 3.8) is 0 Å². The predicted molar refractivity (Wildman–Crippen MR) is 133 cm³/mol. The molecule has 0 saturated carbocycles. The molecule has 10 heteroatoms. The van der Waals surface area contributed by atoms with Gasteiger partial charge in [0.15, 0.2) is 5.12 Å². The molecule has 1 N–H and O–H groups in total. The summed E-state index contributed by atoms with van der Waals surface area (Å²) >= 11 is 1.47. The van der Waals surface area contributed by atoms with Crippen LogP contribution in [0.15, 0.2) is 0 Å². The van der Waals surface area contributed by atoms with Crippen LogP contribution in [0.3, 0.4) is 0 Å². The lowest BCUT2D eigenvalue weighted by molar-refractivity contribution is -0.888. The zero-order valence-electron chi connectivity index (χ0n) is 21.1. The van der Waals surface area contributed by atoms with Crippen molar-refractivity contribution >= 4 is 27.0 Å². The van der Waals surface area contributed by atoms with Crippen molar-refractivity contribution in [2.45, 2.75) is 109 Å². The van der Waals surface area contributed by atoms with Crippen LogP contribution in [0.1, 0.15) is 104 Å². The topological polar surface area (TPSA) is 71.4 Å². The van der Waals surface area contributed by atoms with Crippen LogP contribution in [0.2, 0.25) is 0 Å². The van der Waals surface area contributed by atoms with E-state index >= 15 is 0 Å². The Kier molecular flexibility index (Phi) is 21.0. The third kappa shape index (κ3) is 26.1. The summed E-state index contributed by atoms with van der Waals surface area (Å²) in [5.74, 6) is 0.959. The molecule has 0 spiro atoms. The van der Waals surface area contributed by atoms with E-state index in [0.717, 1.165) is 16.8 Å². The number of rotatable bonds is 18. The number of carbonyl (C=O) groups excluding carboxylic acids is 1. The highest BCUT2D eigenvalue weighted by Crippen LogP contribution is 2.20. The fraction of sp³-hybridized carbons (Fsp3) is 0.957. The Bertz CT molecular complexity index is 583. The fourth-order valence-electron chi connectivity index (χ4n) is 3.28. The lowest BCUT2D eigenvalue weighted by Gasteiger charge is -2.29. The summed E-state index contributed by atoms with van der Waals surface area (Å²) in [5.41, 5.74) is -5.53. The molecule has 0 aliphatic carbocycles. The molecule has 0 heterocycles. The number of thioether (sulfide) groups is 1. The van der Waals surface area contributed by atoms with E-state index in [4.69, 9.17) is 13.0 Å². The monoisotopic (exact) mass is 522 g/mol. The van der Waals surface area contributed by atoms with Gasteiger partial charge in [0.1, 0.15) is 0 Å². The van der Waals surface area contributed by atoms with Gasteiger partial charge in [0.05, 0.1) is 32.9 Å². The third-order valence-corrected chi connectivity index (χ3v) is 6.79. The first-order chi connectivity index (χ1) is 15.2. The Labute approximate surface area is 204 Å². The number of hydrogen-bond donors (Lipinski definition) is 1. The van der Waals surface area contributed by atoms with E-state index in [1.54, 1.807) is 6.92 Å². The van der Waals surface area contributed by atoms with Gasteiger partial charge in [0.2, 0.25) is 0 Å². The molecule has 0 bridgehead atoms. The molecule has 0 radical (unpaired) electrons. The minimum atomic E-state index is -5.84. The number of unbranched alkanes of at least 4 members (excludes halogenated alkanes) is 13. The number of quaternary nitrogens is 1. The summed E-state index contributed by atoms with van der Waals surface area (Å²) in [6.45, 7) is 6.30. The van der Waals surface area contributed by atoms with Gasteiger partial charge in [-0.3, -0.25) is 9.35 Å². The van der Waals surface area contributed by atoms with Gasteiger partial charge >= 0.3 is 15.6 Å². The maximum Gasteiger partial charge on any atom is 0.522 e. The Morgan fingerprint density at radius 3 is 1.42 bits per heavy atom. The molecule has 0 saturated heterocycles. The molecule has 33 heavy (non-hydrogen) atoms. The van der Waals surface area contributed by atoms with E-state index in [1.807, 2.05) is 0 Å². The van der Waals surface area contributed by atoms with Crippen LogP contribution >= 0.6 is 11.8 Å². The van der Waals surface area contributed by atoms with Crippen LogP contribution in [0.4, 0.5) is 13.2 Å². The van der Waals surface area contributed by atoms with E-state index in [-0.39, 0.29) is 5.12 Å². The molecular formula is C23H47F3NO4S2+. The second-order valence-corrected chi connectivity index (χ2v) is 11.9. The van der Waals surface area contributed by atoms with Gasteiger partial charge < -0.3 is 4.48 Å². The highest BCUT2D eigenvalue weighted by molar-refractivity contribution is 8.13. The standard InChI is InChI=1S/C22H46NOS.CHF3O3S/c1-5-6-7-8-9-10-11-12-13-14-15-16-17-18-19-23(3,4)20-21-25-22(2)24;2-1(3,4)8(5,6)7/h5-21H2,1-4H3;(H,5,6,7)/q+1;. The third-order valence-electron chi connectivity index (χ3n) is 5.41. The van der Waals surface area contributed by atoms with Crippen molar-refractivity contribution in [1.82, 2.24) is 0 Å². The Balaban J connectivity index is 0. The molecule has 0 aromatic rings. The van der Waals surface area contributed by atoms with Gasteiger partial charge in [-0.15, -0.1) is 0 Å². The molecule has 0 aliphatic heterocycles. The zero-order valence-corrected chi connectivity index (χ0v) is 22.7. The van der Waals surface area contributed by atoms with Crippen molar-refractivity contribution in [3.05, 3.63) is 0 Å². The van der Waals surface area contributed by atoms with E-state index < -0.39 is 15.6 Å². The van der Waals surface area contributed by atoms with E-state index in [1.165, 1.54) is 108 Å². The minimum absolute atomic E-state index is 0.247. The normalized spacial score (nSPS) is 12.4. The molecule has 5 nitrogen and oxygen atoms in total. The summed E-state index contributed by atoms with van der Waals surface area (Å²) in [4.78, 5) is 11.0. The SMILES string of the molecule is CCCCCCCCCCCCCCCC[N+](C)(C)CCSC(C)=O.O=S(=O)(O)C(F)(F)F. The van der Waals surface area contributed by atoms with Crippen molar-refractivity contribution < 1.29 is 35.4 Å². The van der Waals surface area contributed by atoms with Gasteiger partial charge in [-0.2, -0.15) is 21.6 Å². The fourth-order valence-corrected chi connectivity index (χ4v) is 4.16. The molecule has 0 amide bonds. The van der Waals surface area contributed by atoms with E-state index in [0.29, 0.717) is 0 Å². The zero-order chi connectivity index (χ0) is 25.8. The Morgan fingerprint density at radius 1 is 0.788 bits per heavy atom. The molecule has 0 aliphatic rings. The molecule has 0 fully saturated rings. The second-order valence-electron chi connectivity index (χ2n) is 9.24. The molecule has 0 aromatic carbocycles. The molecular weight excluding hydrogens is 475 g/mol. The van der Waals surface area contributed by atoms with Gasteiger partial charge in [-0.25, -0.2) is 0 Å². The van der Waals surface area contributed by atoms with Crippen LogP contribution in [0, 0.1) is 0 Å². The largest absolute Gasteiger partial charge is 0.522 e. The van der Waals surface area contributed by atoms with Crippen molar-refractivity contribution in [2.24, 2.45) is 0 Å². The van der Waals surface area contributed by atoms with Crippen LogP contribution < -0.4 is 0 Å².